The van der Waals surface area contributed by atoms with Crippen LogP contribution in [0.5, 0.6) is 5.75 Å². The van der Waals surface area contributed by atoms with Crippen LogP contribution in [0.1, 0.15) is 24.1 Å². The third kappa shape index (κ3) is 7.61. The van der Waals surface area contributed by atoms with Gasteiger partial charge in [-0.2, -0.15) is 5.10 Å². The van der Waals surface area contributed by atoms with Gasteiger partial charge in [-0.05, 0) is 66.7 Å². The molecule has 4 aromatic rings. The van der Waals surface area contributed by atoms with E-state index >= 15 is 0 Å². The molecule has 0 aliphatic rings. The number of nitrogens with zero attached hydrogens (tertiary/aromatic N) is 4. The van der Waals surface area contributed by atoms with Crippen molar-refractivity contribution in [3.05, 3.63) is 94.7 Å². The average molecular weight is 589 g/mol. The average Bonchev–Trinajstić information content (AvgIpc) is 3.35. The predicted molar refractivity (Wildman–Crippen MR) is 142 cm³/mol. The third-order valence-electron chi connectivity index (χ3n) is 5.09. The molecule has 7 nitrogen and oxygen atoms in total. The van der Waals surface area contributed by atoms with Gasteiger partial charge in [0.15, 0.2) is 10.9 Å². The van der Waals surface area contributed by atoms with Crippen LogP contribution in [0.4, 0.5) is 13.2 Å². The van der Waals surface area contributed by atoms with Crippen molar-refractivity contribution in [1.82, 2.24) is 25.5 Å². The van der Waals surface area contributed by atoms with Crippen molar-refractivity contribution < 1.29 is 17.9 Å². The molecule has 1 atom stereocenters. The number of hydrogen-bond acceptors (Lipinski definition) is 5. The Morgan fingerprint density at radius 1 is 1.05 bits per heavy atom. The first-order chi connectivity index (χ1) is 17.7. The molecule has 0 aliphatic heterocycles. The maximum absolute atomic E-state index is 12.3. The van der Waals surface area contributed by atoms with E-state index in [9.17, 15) is 13.2 Å². The highest BCUT2D eigenvalue weighted by atomic mass is 79.9. The molecule has 12 heteroatoms. The van der Waals surface area contributed by atoms with Crippen molar-refractivity contribution in [1.29, 1.82) is 0 Å². The molecule has 0 fully saturated rings. The zero-order valence-electron chi connectivity index (χ0n) is 19.3. The van der Waals surface area contributed by atoms with Crippen LogP contribution in [-0.4, -0.2) is 32.5 Å². The Balaban J connectivity index is 1.32. The van der Waals surface area contributed by atoms with E-state index < -0.39 is 6.36 Å². The van der Waals surface area contributed by atoms with Crippen LogP contribution in [0.25, 0.3) is 17.1 Å². The Labute approximate surface area is 224 Å². The number of hydrogen-bond donors (Lipinski definition) is 2. The summed E-state index contributed by atoms with van der Waals surface area (Å²) in [7, 11) is 0. The van der Waals surface area contributed by atoms with Gasteiger partial charge >= 0.3 is 6.36 Å². The largest absolute Gasteiger partial charge is 0.573 e. The van der Waals surface area contributed by atoms with Crippen molar-refractivity contribution >= 4 is 39.5 Å². The predicted octanol–water partition coefficient (Wildman–Crippen LogP) is 6.15. The molecule has 0 amide bonds. The lowest BCUT2D eigenvalue weighted by atomic mass is 10.1. The summed E-state index contributed by atoms with van der Waals surface area (Å²) in [5.41, 5.74) is 6.04. The fourth-order valence-electron chi connectivity index (χ4n) is 3.27. The maximum atomic E-state index is 12.3. The molecular weight excluding hydrogens is 569 g/mol. The lowest BCUT2D eigenvalue weighted by molar-refractivity contribution is -0.274. The normalized spacial score (nSPS) is 12.4. The Morgan fingerprint density at radius 3 is 2.38 bits per heavy atom. The molecule has 3 aromatic carbocycles. The zero-order valence-corrected chi connectivity index (χ0v) is 21.7. The molecule has 0 radical (unpaired) electrons. The van der Waals surface area contributed by atoms with Gasteiger partial charge in [-0.3, -0.25) is 5.43 Å². The highest BCUT2D eigenvalue weighted by Gasteiger charge is 2.31. The van der Waals surface area contributed by atoms with E-state index in [0.29, 0.717) is 16.6 Å². The monoisotopic (exact) mass is 588 g/mol. The standard InChI is InChI=1S/C25H20BrF3N6OS/c1-16(18-6-8-20(26)9-7-18)32-24(37)33-31-14-17-2-4-19(5-3-17)23-30-15-35(34-23)21-10-12-22(13-11-21)36-25(27,28)29/h2-16H,1H3,(H2,32,33,37). The van der Waals surface area contributed by atoms with Crippen molar-refractivity contribution in [3.8, 4) is 22.8 Å². The number of hydrazone groups is 1. The van der Waals surface area contributed by atoms with Crippen LogP contribution in [-0.2, 0) is 0 Å². The highest BCUT2D eigenvalue weighted by Crippen LogP contribution is 2.24. The maximum Gasteiger partial charge on any atom is 0.573 e. The van der Waals surface area contributed by atoms with E-state index in [1.54, 1.807) is 6.21 Å². The minimum Gasteiger partial charge on any atom is -0.406 e. The summed E-state index contributed by atoms with van der Waals surface area (Å²) in [6, 6.07) is 20.7. The van der Waals surface area contributed by atoms with E-state index in [1.807, 2.05) is 55.5 Å². The molecule has 0 bridgehead atoms. The first kappa shape index (κ1) is 26.3. The van der Waals surface area contributed by atoms with Gasteiger partial charge in [0.1, 0.15) is 12.1 Å². The number of ether oxygens (including phenoxy) is 1. The zero-order chi connectivity index (χ0) is 26.4. The molecule has 37 heavy (non-hydrogen) atoms. The van der Waals surface area contributed by atoms with Crippen LogP contribution in [0.2, 0.25) is 0 Å². The third-order valence-corrected chi connectivity index (χ3v) is 5.83. The van der Waals surface area contributed by atoms with Crippen LogP contribution >= 0.6 is 28.1 Å². The second kappa shape index (κ2) is 11.5. The summed E-state index contributed by atoms with van der Waals surface area (Å²) in [5, 5.41) is 12.1. The molecule has 1 aromatic heterocycles. The molecule has 2 N–H and O–H groups in total. The Hall–Kier alpha value is -3.77. The fraction of sp³-hybridized carbons (Fsp3) is 0.120. The minimum absolute atomic E-state index is 0.0149. The molecule has 0 saturated heterocycles. The Kier molecular flexibility index (Phi) is 8.19. The lowest BCUT2D eigenvalue weighted by Crippen LogP contribution is -2.34. The van der Waals surface area contributed by atoms with Crippen LogP contribution < -0.4 is 15.5 Å². The number of halogens is 4. The molecule has 0 spiro atoms. The van der Waals surface area contributed by atoms with Gasteiger partial charge in [0.05, 0.1) is 17.9 Å². The SMILES string of the molecule is CC(NC(=S)NN=Cc1ccc(-c2ncn(-c3ccc(OC(F)(F)F)cc3)n2)cc1)c1ccc(Br)cc1. The smallest absolute Gasteiger partial charge is 0.406 e. The highest BCUT2D eigenvalue weighted by molar-refractivity contribution is 9.10. The Bertz CT molecular complexity index is 1370. The van der Waals surface area contributed by atoms with Crippen molar-refractivity contribution in [2.75, 3.05) is 0 Å². The van der Waals surface area contributed by atoms with Gasteiger partial charge in [0.25, 0.3) is 0 Å². The second-order valence-electron chi connectivity index (χ2n) is 7.79. The second-order valence-corrected chi connectivity index (χ2v) is 9.12. The van der Waals surface area contributed by atoms with E-state index in [-0.39, 0.29) is 11.8 Å². The van der Waals surface area contributed by atoms with E-state index in [1.165, 1.54) is 35.3 Å². The molecule has 1 heterocycles. The fourth-order valence-corrected chi connectivity index (χ4v) is 3.76. The number of alkyl halides is 3. The van der Waals surface area contributed by atoms with Crippen molar-refractivity contribution in [3.63, 3.8) is 0 Å². The minimum atomic E-state index is -4.74. The van der Waals surface area contributed by atoms with Gasteiger partial charge in [0, 0.05) is 10.0 Å². The van der Waals surface area contributed by atoms with E-state index in [0.717, 1.165) is 21.2 Å². The summed E-state index contributed by atoms with van der Waals surface area (Å²) in [4.78, 5) is 4.28. The molecule has 1 unspecified atom stereocenters. The van der Waals surface area contributed by atoms with Crippen molar-refractivity contribution in [2.45, 2.75) is 19.3 Å². The first-order valence-corrected chi connectivity index (χ1v) is 12.1. The molecule has 4 rings (SSSR count). The van der Waals surface area contributed by atoms with Crippen LogP contribution in [0, 0.1) is 0 Å². The molecular formula is C25H20BrF3N6OS. The summed E-state index contributed by atoms with van der Waals surface area (Å²) in [6.45, 7) is 2.01. The van der Waals surface area contributed by atoms with Gasteiger partial charge in [-0.1, -0.05) is 52.3 Å². The van der Waals surface area contributed by atoms with Crippen molar-refractivity contribution in [2.24, 2.45) is 5.10 Å². The van der Waals surface area contributed by atoms with Gasteiger partial charge in [-0.25, -0.2) is 9.67 Å². The van der Waals surface area contributed by atoms with Gasteiger partial charge < -0.3 is 10.1 Å². The van der Waals surface area contributed by atoms with E-state index in [2.05, 4.69) is 46.6 Å². The summed E-state index contributed by atoms with van der Waals surface area (Å²) in [5.74, 6) is 0.156. The summed E-state index contributed by atoms with van der Waals surface area (Å²) >= 11 is 8.73. The van der Waals surface area contributed by atoms with Gasteiger partial charge in [0.2, 0.25) is 0 Å². The quantitative estimate of drug-likeness (QED) is 0.153. The Morgan fingerprint density at radius 2 is 1.73 bits per heavy atom. The molecule has 190 valence electrons. The summed E-state index contributed by atoms with van der Waals surface area (Å²) < 4.78 is 43.4. The topological polar surface area (TPSA) is 76.4 Å². The number of benzene rings is 3. The summed E-state index contributed by atoms with van der Waals surface area (Å²) in [6.07, 6.45) is -1.62. The van der Waals surface area contributed by atoms with Gasteiger partial charge in [-0.15, -0.1) is 18.3 Å². The molecule has 0 aliphatic carbocycles. The number of thiocarbonyl (C=S) groups is 1. The van der Waals surface area contributed by atoms with E-state index in [4.69, 9.17) is 12.2 Å². The van der Waals surface area contributed by atoms with Crippen LogP contribution in [0.15, 0.2) is 88.7 Å². The lowest BCUT2D eigenvalue weighted by Gasteiger charge is -2.15. The molecule has 0 saturated carbocycles. The first-order valence-electron chi connectivity index (χ1n) is 10.9. The number of rotatable bonds is 7. The number of nitrogens with one attached hydrogen (secondary N) is 2. The van der Waals surface area contributed by atoms with Crippen LogP contribution in [0.3, 0.4) is 0 Å². The number of aromatic nitrogens is 3.